The molecular weight excluding hydrogens is 244 g/mol. The highest BCUT2D eigenvalue weighted by Gasteiger charge is 2.11. The summed E-state index contributed by atoms with van der Waals surface area (Å²) in [5, 5.41) is 0. The third-order valence-electron chi connectivity index (χ3n) is 2.80. The topological polar surface area (TPSA) is 24.7 Å². The summed E-state index contributed by atoms with van der Waals surface area (Å²) in [4.78, 5) is 8.86. The van der Waals surface area contributed by atoms with E-state index in [1.165, 1.54) is 0 Å². The second-order valence-electron chi connectivity index (χ2n) is 5.74. The minimum absolute atomic E-state index is 0.0523. The third kappa shape index (κ3) is 4.18. The molecule has 0 saturated carbocycles. The van der Waals surface area contributed by atoms with Gasteiger partial charge in [-0.3, -0.25) is 0 Å². The van der Waals surface area contributed by atoms with E-state index in [1.807, 2.05) is 57.2 Å². The molecule has 0 saturated heterocycles. The Morgan fingerprint density at radius 3 is 1.65 bits per heavy atom. The maximum absolute atomic E-state index is 4.53. The molecule has 2 rings (SSSR count). The number of benzene rings is 2. The predicted octanol–water partition coefficient (Wildman–Crippen LogP) is 4.75. The minimum Gasteiger partial charge on any atom is -0.220 e. The van der Waals surface area contributed by atoms with Gasteiger partial charge in [-0.2, -0.15) is 0 Å². The van der Waals surface area contributed by atoms with Gasteiger partial charge < -0.3 is 0 Å². The van der Waals surface area contributed by atoms with E-state index in [9.17, 15) is 0 Å². The fourth-order valence-corrected chi connectivity index (χ4v) is 1.85. The van der Waals surface area contributed by atoms with E-state index < -0.39 is 0 Å². The van der Waals surface area contributed by atoms with Gasteiger partial charge in [0.2, 0.25) is 0 Å². The van der Waals surface area contributed by atoms with E-state index in [4.69, 9.17) is 0 Å². The number of nitrogens with zero attached hydrogens (tertiary/aromatic N) is 2. The molecule has 0 aliphatic rings. The van der Waals surface area contributed by atoms with Crippen LogP contribution in [0.1, 0.15) is 37.9 Å². The standard InChI is InChI=1S/C18H20N2/c1-18(2,3)20-14-19-17(15-10-6-4-7-11-15)16-12-8-5-9-13-16/h4-13,17H,1-3H3. The first-order chi connectivity index (χ1) is 9.56. The van der Waals surface area contributed by atoms with Gasteiger partial charge >= 0.3 is 0 Å². The van der Waals surface area contributed by atoms with Gasteiger partial charge in [-0.1, -0.05) is 60.7 Å². The Hall–Kier alpha value is -2.18. The van der Waals surface area contributed by atoms with Gasteiger partial charge in [0.15, 0.2) is 0 Å². The van der Waals surface area contributed by atoms with Crippen LogP contribution in [-0.4, -0.2) is 11.5 Å². The lowest BCUT2D eigenvalue weighted by molar-refractivity contribution is 0.586. The molecule has 0 heterocycles. The van der Waals surface area contributed by atoms with Crippen molar-refractivity contribution in [3.05, 3.63) is 71.8 Å². The number of hydrogen-bond acceptors (Lipinski definition) is 2. The first-order valence-electron chi connectivity index (χ1n) is 6.83. The Bertz CT molecular complexity index is 549. The first kappa shape index (κ1) is 14.2. The van der Waals surface area contributed by atoms with Crippen LogP contribution in [0.4, 0.5) is 0 Å². The highest BCUT2D eigenvalue weighted by atomic mass is 14.9. The van der Waals surface area contributed by atoms with Crippen molar-refractivity contribution < 1.29 is 0 Å². The van der Waals surface area contributed by atoms with E-state index in [2.05, 4.69) is 40.3 Å². The van der Waals surface area contributed by atoms with Crippen molar-refractivity contribution in [3.8, 4) is 0 Å². The van der Waals surface area contributed by atoms with E-state index in [1.54, 1.807) is 0 Å². The molecule has 0 aliphatic carbocycles. The Morgan fingerprint density at radius 2 is 1.25 bits per heavy atom. The summed E-state index contributed by atoms with van der Waals surface area (Å²) in [6, 6.07) is 23.3. The van der Waals surface area contributed by atoms with Crippen LogP contribution < -0.4 is 0 Å². The highest BCUT2D eigenvalue weighted by Crippen LogP contribution is 2.25. The highest BCUT2D eigenvalue weighted by molar-refractivity contribution is 5.46. The maximum Gasteiger partial charge on any atom is 0.111 e. The molecule has 2 heteroatoms. The Balaban J connectivity index is 2.39. The smallest absolute Gasteiger partial charge is 0.111 e. The van der Waals surface area contributed by atoms with Crippen molar-refractivity contribution in [2.75, 3.05) is 0 Å². The minimum atomic E-state index is -0.151. The van der Waals surface area contributed by atoms with E-state index in [0.717, 1.165) is 11.1 Å². The molecule has 0 unspecified atom stereocenters. The summed E-state index contributed by atoms with van der Waals surface area (Å²) in [5.41, 5.74) is 2.15. The van der Waals surface area contributed by atoms with E-state index in [0.29, 0.717) is 0 Å². The van der Waals surface area contributed by atoms with Gasteiger partial charge in [0.1, 0.15) is 6.04 Å². The van der Waals surface area contributed by atoms with Gasteiger partial charge in [0.25, 0.3) is 0 Å². The lowest BCUT2D eigenvalue weighted by Gasteiger charge is -2.12. The molecular formula is C18H20N2. The molecule has 2 aromatic carbocycles. The molecule has 0 aliphatic heterocycles. The number of aliphatic imine (C=N–C) groups is 2. The van der Waals surface area contributed by atoms with E-state index in [-0.39, 0.29) is 11.6 Å². The Kier molecular flexibility index (Phi) is 4.49. The molecule has 0 aromatic heterocycles. The van der Waals surface area contributed by atoms with Crippen molar-refractivity contribution >= 4 is 6.01 Å². The largest absolute Gasteiger partial charge is 0.220 e. The van der Waals surface area contributed by atoms with Crippen LogP contribution in [0.15, 0.2) is 70.6 Å². The van der Waals surface area contributed by atoms with Crippen LogP contribution >= 0.6 is 0 Å². The molecule has 102 valence electrons. The quantitative estimate of drug-likeness (QED) is 0.715. The summed E-state index contributed by atoms with van der Waals surface area (Å²) in [5.74, 6) is 0. The third-order valence-corrected chi connectivity index (χ3v) is 2.80. The lowest BCUT2D eigenvalue weighted by atomic mass is 10.00. The zero-order valence-electron chi connectivity index (χ0n) is 12.2. The van der Waals surface area contributed by atoms with Gasteiger partial charge in [0.05, 0.1) is 11.5 Å². The molecule has 0 radical (unpaired) electrons. The Labute approximate surface area is 120 Å². The van der Waals surface area contributed by atoms with Crippen molar-refractivity contribution in [2.24, 2.45) is 9.98 Å². The zero-order valence-corrected chi connectivity index (χ0v) is 12.2. The van der Waals surface area contributed by atoms with Crippen molar-refractivity contribution in [1.29, 1.82) is 0 Å². The Morgan fingerprint density at radius 1 is 0.800 bits per heavy atom. The average molecular weight is 264 g/mol. The number of rotatable bonds is 3. The SMILES string of the molecule is CC(C)(C)N=C=NC(c1ccccc1)c1ccccc1. The van der Waals surface area contributed by atoms with Crippen LogP contribution in [0.3, 0.4) is 0 Å². The lowest BCUT2D eigenvalue weighted by Crippen LogP contribution is -2.08. The molecule has 0 amide bonds. The fourth-order valence-electron chi connectivity index (χ4n) is 1.85. The molecule has 0 atom stereocenters. The van der Waals surface area contributed by atoms with Crippen LogP contribution in [0.2, 0.25) is 0 Å². The molecule has 0 N–H and O–H groups in total. The summed E-state index contributed by atoms with van der Waals surface area (Å²) in [7, 11) is 0. The second kappa shape index (κ2) is 6.31. The summed E-state index contributed by atoms with van der Waals surface area (Å²) in [6.07, 6.45) is 0. The molecule has 20 heavy (non-hydrogen) atoms. The van der Waals surface area contributed by atoms with Crippen molar-refractivity contribution in [3.63, 3.8) is 0 Å². The summed E-state index contributed by atoms with van der Waals surface area (Å²) >= 11 is 0. The van der Waals surface area contributed by atoms with Gasteiger partial charge in [-0.05, 0) is 31.9 Å². The van der Waals surface area contributed by atoms with E-state index >= 15 is 0 Å². The predicted molar refractivity (Wildman–Crippen MR) is 84.3 cm³/mol. The summed E-state index contributed by atoms with van der Waals surface area (Å²) in [6.45, 7) is 6.11. The molecule has 2 nitrogen and oxygen atoms in total. The monoisotopic (exact) mass is 264 g/mol. The molecule has 0 bridgehead atoms. The average Bonchev–Trinajstić information content (AvgIpc) is 2.44. The first-order valence-corrected chi connectivity index (χ1v) is 6.83. The normalized spacial score (nSPS) is 11.0. The molecule has 0 spiro atoms. The van der Waals surface area contributed by atoms with Crippen LogP contribution in [0.5, 0.6) is 0 Å². The zero-order chi connectivity index (χ0) is 14.4. The van der Waals surface area contributed by atoms with Crippen molar-refractivity contribution in [1.82, 2.24) is 0 Å². The van der Waals surface area contributed by atoms with Crippen LogP contribution in [0, 0.1) is 0 Å². The number of hydrogen-bond donors (Lipinski definition) is 0. The van der Waals surface area contributed by atoms with Crippen LogP contribution in [0.25, 0.3) is 0 Å². The van der Waals surface area contributed by atoms with Crippen molar-refractivity contribution in [2.45, 2.75) is 32.4 Å². The fraction of sp³-hybridized carbons (Fsp3) is 0.278. The maximum atomic E-state index is 4.53. The molecule has 0 fully saturated rings. The van der Waals surface area contributed by atoms with Gasteiger partial charge in [-0.25, -0.2) is 9.98 Å². The van der Waals surface area contributed by atoms with Crippen LogP contribution in [-0.2, 0) is 0 Å². The summed E-state index contributed by atoms with van der Waals surface area (Å²) < 4.78 is 0. The van der Waals surface area contributed by atoms with Gasteiger partial charge in [-0.15, -0.1) is 0 Å². The van der Waals surface area contributed by atoms with Gasteiger partial charge in [0, 0.05) is 0 Å². The molecule has 2 aromatic rings. The second-order valence-corrected chi connectivity index (χ2v) is 5.74.